The van der Waals surface area contributed by atoms with E-state index >= 15 is 0 Å². The van der Waals surface area contributed by atoms with Gasteiger partial charge in [0, 0.05) is 32.4 Å². The number of morpholine rings is 1. The van der Waals surface area contributed by atoms with Gasteiger partial charge in [0.25, 0.3) is 0 Å². The van der Waals surface area contributed by atoms with Crippen LogP contribution in [-0.2, 0) is 17.7 Å². The van der Waals surface area contributed by atoms with Gasteiger partial charge in [0.15, 0.2) is 5.96 Å². The van der Waals surface area contributed by atoms with Crippen LogP contribution >= 0.6 is 24.0 Å². The molecule has 1 atom stereocenters. The molecule has 1 fully saturated rings. The lowest BCUT2D eigenvalue weighted by molar-refractivity contribution is 0.0529. The zero-order valence-electron chi connectivity index (χ0n) is 17.3. The van der Waals surface area contributed by atoms with Crippen molar-refractivity contribution in [1.29, 1.82) is 0 Å². The fourth-order valence-electron chi connectivity index (χ4n) is 3.21. The minimum absolute atomic E-state index is 0. The molecule has 7 heteroatoms. The highest BCUT2D eigenvalue weighted by Gasteiger charge is 2.17. The maximum absolute atomic E-state index is 5.60. The molecule has 2 N–H and O–H groups in total. The molecule has 0 bridgehead atoms. The number of nitrogens with one attached hydrogen (secondary N) is 2. The van der Waals surface area contributed by atoms with Crippen LogP contribution in [0.1, 0.15) is 25.0 Å². The van der Waals surface area contributed by atoms with Crippen molar-refractivity contribution in [2.24, 2.45) is 4.99 Å². The van der Waals surface area contributed by atoms with Gasteiger partial charge >= 0.3 is 0 Å². The molecule has 29 heavy (non-hydrogen) atoms. The van der Waals surface area contributed by atoms with Crippen LogP contribution in [0.4, 0.5) is 5.82 Å². The summed E-state index contributed by atoms with van der Waals surface area (Å²) in [6.45, 7) is 9.01. The van der Waals surface area contributed by atoms with Crippen molar-refractivity contribution in [3.05, 3.63) is 59.8 Å². The van der Waals surface area contributed by atoms with Gasteiger partial charge < -0.3 is 20.3 Å². The average Bonchev–Trinajstić information content (AvgIpc) is 2.73. The Morgan fingerprint density at radius 3 is 2.69 bits per heavy atom. The molecule has 2 heterocycles. The van der Waals surface area contributed by atoms with Gasteiger partial charge in [0.05, 0.1) is 19.3 Å². The first-order valence-corrected chi connectivity index (χ1v) is 10.1. The van der Waals surface area contributed by atoms with Gasteiger partial charge in [-0.1, -0.05) is 36.4 Å². The molecule has 1 aliphatic heterocycles. The second-order valence-corrected chi connectivity index (χ2v) is 7.01. The van der Waals surface area contributed by atoms with Gasteiger partial charge in [-0.3, -0.25) is 0 Å². The maximum Gasteiger partial charge on any atom is 0.191 e. The Labute approximate surface area is 191 Å². The summed E-state index contributed by atoms with van der Waals surface area (Å²) < 4.78 is 5.60. The van der Waals surface area contributed by atoms with Crippen molar-refractivity contribution in [1.82, 2.24) is 15.6 Å². The van der Waals surface area contributed by atoms with Crippen LogP contribution in [0.15, 0.2) is 53.7 Å². The molecule has 1 aromatic carbocycles. The summed E-state index contributed by atoms with van der Waals surface area (Å²) in [7, 11) is 0. The van der Waals surface area contributed by atoms with Crippen LogP contribution in [0.5, 0.6) is 0 Å². The Bertz CT molecular complexity index is 739. The number of ether oxygens (including phenoxy) is 1. The average molecular weight is 509 g/mol. The normalized spacial score (nSPS) is 16.8. The van der Waals surface area contributed by atoms with E-state index in [1.54, 1.807) is 0 Å². The van der Waals surface area contributed by atoms with Crippen LogP contribution < -0.4 is 15.5 Å². The number of rotatable bonds is 7. The van der Waals surface area contributed by atoms with Crippen molar-refractivity contribution >= 4 is 35.8 Å². The predicted octanol–water partition coefficient (Wildman–Crippen LogP) is 3.22. The molecule has 1 unspecified atom stereocenters. The molecule has 1 aliphatic rings. The van der Waals surface area contributed by atoms with E-state index < -0.39 is 0 Å². The number of hydrogen-bond donors (Lipinski definition) is 2. The zero-order chi connectivity index (χ0) is 19.6. The summed E-state index contributed by atoms with van der Waals surface area (Å²) in [5, 5.41) is 6.71. The maximum atomic E-state index is 5.60. The van der Waals surface area contributed by atoms with Gasteiger partial charge in [-0.15, -0.1) is 24.0 Å². The van der Waals surface area contributed by atoms with Gasteiger partial charge in [0.2, 0.25) is 0 Å². The Kier molecular flexibility index (Phi) is 10.2. The highest BCUT2D eigenvalue weighted by atomic mass is 127. The van der Waals surface area contributed by atoms with E-state index in [1.165, 1.54) is 5.56 Å². The minimum Gasteiger partial charge on any atom is -0.375 e. The van der Waals surface area contributed by atoms with Crippen molar-refractivity contribution < 1.29 is 4.74 Å². The van der Waals surface area contributed by atoms with Crippen molar-refractivity contribution in [2.45, 2.75) is 32.9 Å². The summed E-state index contributed by atoms with van der Waals surface area (Å²) in [4.78, 5) is 11.6. The van der Waals surface area contributed by atoms with Gasteiger partial charge in [0.1, 0.15) is 5.82 Å². The molecular formula is C22H32IN5O. The highest BCUT2D eigenvalue weighted by molar-refractivity contribution is 14.0. The van der Waals surface area contributed by atoms with E-state index in [0.29, 0.717) is 6.54 Å². The fourth-order valence-corrected chi connectivity index (χ4v) is 3.21. The Hall–Kier alpha value is -1.87. The lowest BCUT2D eigenvalue weighted by Gasteiger charge is -2.32. The van der Waals surface area contributed by atoms with Gasteiger partial charge in [-0.05, 0) is 37.5 Å². The number of pyridine rings is 1. The molecule has 158 valence electrons. The SMILES string of the molecule is CCNC(=NCc1ccc(N2CCOC(C)C2)nc1)NCCc1ccccc1.I. The van der Waals surface area contributed by atoms with E-state index in [0.717, 1.165) is 56.5 Å². The van der Waals surface area contributed by atoms with Crippen molar-refractivity contribution in [3.8, 4) is 0 Å². The first-order valence-electron chi connectivity index (χ1n) is 10.1. The molecule has 0 aliphatic carbocycles. The Balaban J connectivity index is 0.00000300. The van der Waals surface area contributed by atoms with E-state index in [2.05, 4.69) is 75.8 Å². The lowest BCUT2D eigenvalue weighted by atomic mass is 10.1. The summed E-state index contributed by atoms with van der Waals surface area (Å²) in [5.74, 6) is 1.85. The third-order valence-electron chi connectivity index (χ3n) is 4.69. The zero-order valence-corrected chi connectivity index (χ0v) is 19.6. The standard InChI is InChI=1S/C22H31N5O.HI/c1-3-23-22(24-12-11-19-7-5-4-6-8-19)26-16-20-9-10-21(25-15-20)27-13-14-28-18(2)17-27;/h4-10,15,18H,3,11-14,16-17H2,1-2H3,(H2,23,24,26);1H. The van der Waals surface area contributed by atoms with Crippen LogP contribution in [0, 0.1) is 0 Å². The number of aromatic nitrogens is 1. The number of benzene rings is 1. The van der Waals surface area contributed by atoms with E-state index in [1.807, 2.05) is 12.3 Å². The molecule has 0 spiro atoms. The molecule has 2 aromatic rings. The van der Waals surface area contributed by atoms with E-state index in [4.69, 9.17) is 4.74 Å². The lowest BCUT2D eigenvalue weighted by Crippen LogP contribution is -2.41. The number of halogens is 1. The van der Waals surface area contributed by atoms with Gasteiger partial charge in [-0.25, -0.2) is 9.98 Å². The number of aliphatic imine (C=N–C) groups is 1. The van der Waals surface area contributed by atoms with Crippen molar-refractivity contribution in [3.63, 3.8) is 0 Å². The molecule has 1 saturated heterocycles. The third-order valence-corrected chi connectivity index (χ3v) is 4.69. The fraction of sp³-hybridized carbons (Fsp3) is 0.455. The van der Waals surface area contributed by atoms with Crippen LogP contribution in [0.25, 0.3) is 0 Å². The molecular weight excluding hydrogens is 477 g/mol. The molecule has 1 aromatic heterocycles. The largest absolute Gasteiger partial charge is 0.375 e. The predicted molar refractivity (Wildman–Crippen MR) is 130 cm³/mol. The summed E-state index contributed by atoms with van der Waals surface area (Å²) >= 11 is 0. The Morgan fingerprint density at radius 2 is 2.00 bits per heavy atom. The number of hydrogen-bond acceptors (Lipinski definition) is 4. The molecule has 0 amide bonds. The molecule has 6 nitrogen and oxygen atoms in total. The van der Waals surface area contributed by atoms with E-state index in [9.17, 15) is 0 Å². The number of anilines is 1. The number of guanidine groups is 1. The second-order valence-electron chi connectivity index (χ2n) is 7.01. The smallest absolute Gasteiger partial charge is 0.191 e. The quantitative estimate of drug-likeness (QED) is 0.341. The molecule has 3 rings (SSSR count). The first kappa shape index (κ1) is 23.4. The first-order chi connectivity index (χ1) is 13.7. The summed E-state index contributed by atoms with van der Waals surface area (Å²) in [5.41, 5.74) is 2.42. The third kappa shape index (κ3) is 7.81. The second kappa shape index (κ2) is 12.6. The monoisotopic (exact) mass is 509 g/mol. The van der Waals surface area contributed by atoms with Crippen molar-refractivity contribution in [2.75, 3.05) is 37.7 Å². The molecule has 0 radical (unpaired) electrons. The van der Waals surface area contributed by atoms with Crippen LogP contribution in [0.2, 0.25) is 0 Å². The summed E-state index contributed by atoms with van der Waals surface area (Å²) in [6, 6.07) is 14.7. The number of nitrogens with zero attached hydrogens (tertiary/aromatic N) is 3. The van der Waals surface area contributed by atoms with E-state index in [-0.39, 0.29) is 30.1 Å². The molecule has 0 saturated carbocycles. The van der Waals surface area contributed by atoms with Gasteiger partial charge in [-0.2, -0.15) is 0 Å². The van der Waals surface area contributed by atoms with Crippen LogP contribution in [0.3, 0.4) is 0 Å². The Morgan fingerprint density at radius 1 is 1.17 bits per heavy atom. The van der Waals surface area contributed by atoms with Crippen LogP contribution in [-0.4, -0.2) is 49.8 Å². The minimum atomic E-state index is 0. The summed E-state index contributed by atoms with van der Waals surface area (Å²) in [6.07, 6.45) is 3.15. The topological polar surface area (TPSA) is 61.8 Å². The highest BCUT2D eigenvalue weighted by Crippen LogP contribution is 2.15.